The van der Waals surface area contributed by atoms with E-state index >= 15 is 0 Å². The molecule has 19 heavy (non-hydrogen) atoms. The summed E-state index contributed by atoms with van der Waals surface area (Å²) in [6.45, 7) is 0.364. The molecule has 6 heteroatoms. The fourth-order valence-electron chi connectivity index (χ4n) is 2.10. The highest BCUT2D eigenvalue weighted by Crippen LogP contribution is 2.27. The monoisotopic (exact) mass is 281 g/mol. The van der Waals surface area contributed by atoms with Crippen LogP contribution in [0.2, 0.25) is 5.02 Å². The summed E-state index contributed by atoms with van der Waals surface area (Å²) in [5.74, 6) is -0.205. The SMILES string of the molecule is CN(C)[C@H](CN1C(=O)CNC1=O)c1ccccc1Cl. The zero-order chi connectivity index (χ0) is 14.0. The Hall–Kier alpha value is -1.59. The van der Waals surface area contributed by atoms with Gasteiger partial charge in [0, 0.05) is 5.02 Å². The number of nitrogens with one attached hydrogen (secondary N) is 1. The molecular formula is C13H16ClN3O2. The Morgan fingerprint density at radius 3 is 2.58 bits per heavy atom. The number of urea groups is 1. The smallest absolute Gasteiger partial charge is 0.324 e. The first kappa shape index (κ1) is 13.8. The highest BCUT2D eigenvalue weighted by molar-refractivity contribution is 6.31. The van der Waals surface area contributed by atoms with E-state index < -0.39 is 0 Å². The Balaban J connectivity index is 2.25. The second kappa shape index (κ2) is 5.59. The van der Waals surface area contributed by atoms with Crippen molar-refractivity contribution in [3.8, 4) is 0 Å². The molecule has 0 aliphatic carbocycles. The van der Waals surface area contributed by atoms with E-state index in [0.717, 1.165) is 5.56 Å². The molecule has 5 nitrogen and oxygen atoms in total. The second-order valence-electron chi connectivity index (χ2n) is 4.66. The van der Waals surface area contributed by atoms with Gasteiger partial charge in [0.1, 0.15) is 0 Å². The van der Waals surface area contributed by atoms with Gasteiger partial charge in [-0.2, -0.15) is 0 Å². The lowest BCUT2D eigenvalue weighted by molar-refractivity contribution is -0.125. The Morgan fingerprint density at radius 2 is 2.05 bits per heavy atom. The third kappa shape index (κ3) is 2.88. The quantitative estimate of drug-likeness (QED) is 0.851. The van der Waals surface area contributed by atoms with Crippen LogP contribution in [0.1, 0.15) is 11.6 Å². The van der Waals surface area contributed by atoms with E-state index in [1.165, 1.54) is 4.90 Å². The van der Waals surface area contributed by atoms with Gasteiger partial charge in [-0.15, -0.1) is 0 Å². The second-order valence-corrected chi connectivity index (χ2v) is 5.07. The molecule has 1 aliphatic heterocycles. The molecule has 0 bridgehead atoms. The molecular weight excluding hydrogens is 266 g/mol. The van der Waals surface area contributed by atoms with E-state index in [2.05, 4.69) is 5.32 Å². The number of hydrogen-bond donors (Lipinski definition) is 1. The molecule has 1 heterocycles. The van der Waals surface area contributed by atoms with Gasteiger partial charge in [0.05, 0.1) is 19.1 Å². The molecule has 102 valence electrons. The van der Waals surface area contributed by atoms with Gasteiger partial charge in [0.15, 0.2) is 0 Å². The third-order valence-electron chi connectivity index (χ3n) is 3.18. The number of imide groups is 1. The van der Waals surface area contributed by atoms with Crippen molar-refractivity contribution in [2.24, 2.45) is 0 Å². The molecule has 2 rings (SSSR count). The van der Waals surface area contributed by atoms with Crippen LogP contribution in [-0.4, -0.2) is 48.9 Å². The predicted octanol–water partition coefficient (Wildman–Crippen LogP) is 1.49. The number of nitrogens with zero attached hydrogens (tertiary/aromatic N) is 2. The van der Waals surface area contributed by atoms with Crippen molar-refractivity contribution >= 4 is 23.5 Å². The number of rotatable bonds is 4. The van der Waals surface area contributed by atoms with Gasteiger partial charge in [-0.25, -0.2) is 4.79 Å². The van der Waals surface area contributed by atoms with Crippen molar-refractivity contribution in [2.75, 3.05) is 27.2 Å². The molecule has 1 fully saturated rings. The molecule has 1 saturated heterocycles. The molecule has 1 aliphatic rings. The molecule has 0 radical (unpaired) electrons. The van der Waals surface area contributed by atoms with Crippen LogP contribution < -0.4 is 5.32 Å². The van der Waals surface area contributed by atoms with Crippen molar-refractivity contribution in [3.63, 3.8) is 0 Å². The van der Waals surface area contributed by atoms with E-state index in [1.54, 1.807) is 6.07 Å². The number of likely N-dealkylation sites (N-methyl/N-ethyl adjacent to an activating group) is 1. The maximum atomic E-state index is 11.7. The molecule has 0 spiro atoms. The topological polar surface area (TPSA) is 52.6 Å². The summed E-state index contributed by atoms with van der Waals surface area (Å²) in [5, 5.41) is 3.15. The number of amides is 3. The molecule has 1 aromatic rings. The summed E-state index contributed by atoms with van der Waals surface area (Å²) in [7, 11) is 3.79. The fraction of sp³-hybridized carbons (Fsp3) is 0.385. The number of carbonyl (C=O) groups is 2. The summed E-state index contributed by atoms with van der Waals surface area (Å²) in [5.41, 5.74) is 0.904. The van der Waals surface area contributed by atoms with Crippen molar-refractivity contribution in [2.45, 2.75) is 6.04 Å². The maximum absolute atomic E-state index is 11.7. The Bertz CT molecular complexity index is 488. The average molecular weight is 282 g/mol. The first-order valence-electron chi connectivity index (χ1n) is 5.99. The third-order valence-corrected chi connectivity index (χ3v) is 3.52. The lowest BCUT2D eigenvalue weighted by Crippen LogP contribution is -2.39. The lowest BCUT2D eigenvalue weighted by atomic mass is 10.1. The van der Waals surface area contributed by atoms with E-state index in [4.69, 9.17) is 11.6 Å². The molecule has 3 amide bonds. The summed E-state index contributed by atoms with van der Waals surface area (Å²) >= 11 is 6.19. The average Bonchev–Trinajstić information content (AvgIpc) is 2.67. The van der Waals surface area contributed by atoms with E-state index in [1.807, 2.05) is 37.2 Å². The number of carbonyl (C=O) groups excluding carboxylic acids is 2. The zero-order valence-corrected chi connectivity index (χ0v) is 11.6. The van der Waals surface area contributed by atoms with Crippen LogP contribution in [0.25, 0.3) is 0 Å². The van der Waals surface area contributed by atoms with E-state index in [9.17, 15) is 9.59 Å². The predicted molar refractivity (Wildman–Crippen MR) is 73.0 cm³/mol. The van der Waals surface area contributed by atoms with Gasteiger partial charge in [-0.3, -0.25) is 9.69 Å². The van der Waals surface area contributed by atoms with Crippen molar-refractivity contribution in [1.29, 1.82) is 0 Å². The van der Waals surface area contributed by atoms with Crippen LogP contribution in [0, 0.1) is 0 Å². The number of hydrogen-bond acceptors (Lipinski definition) is 3. The summed E-state index contributed by atoms with van der Waals surface area (Å²) in [6.07, 6.45) is 0. The lowest BCUT2D eigenvalue weighted by Gasteiger charge is -2.28. The molecule has 0 aromatic heterocycles. The van der Waals surface area contributed by atoms with Crippen molar-refractivity contribution in [1.82, 2.24) is 15.1 Å². The highest BCUT2D eigenvalue weighted by Gasteiger charge is 2.32. The van der Waals surface area contributed by atoms with Crippen LogP contribution in [0.4, 0.5) is 4.79 Å². The van der Waals surface area contributed by atoms with Crippen LogP contribution in [0.5, 0.6) is 0 Å². The van der Waals surface area contributed by atoms with Crippen molar-refractivity contribution < 1.29 is 9.59 Å². The van der Waals surface area contributed by atoms with Crippen LogP contribution in [0.3, 0.4) is 0 Å². The van der Waals surface area contributed by atoms with Gasteiger partial charge in [-0.05, 0) is 25.7 Å². The van der Waals surface area contributed by atoms with Gasteiger partial charge in [0.2, 0.25) is 5.91 Å². The minimum Gasteiger partial charge on any atom is -0.329 e. The first-order chi connectivity index (χ1) is 9.00. The Kier molecular flexibility index (Phi) is 4.07. The van der Waals surface area contributed by atoms with Gasteiger partial charge in [-0.1, -0.05) is 29.8 Å². The molecule has 0 unspecified atom stereocenters. The van der Waals surface area contributed by atoms with Crippen LogP contribution >= 0.6 is 11.6 Å². The zero-order valence-electron chi connectivity index (χ0n) is 10.9. The highest BCUT2D eigenvalue weighted by atomic mass is 35.5. The van der Waals surface area contributed by atoms with Gasteiger partial charge >= 0.3 is 6.03 Å². The Labute approximate surface area is 117 Å². The summed E-state index contributed by atoms with van der Waals surface area (Å²) < 4.78 is 0. The minimum atomic E-state index is -0.344. The molecule has 1 aromatic carbocycles. The first-order valence-corrected chi connectivity index (χ1v) is 6.37. The normalized spacial score (nSPS) is 16.9. The molecule has 0 saturated carbocycles. The standard InChI is InChI=1S/C13H16ClN3O2/c1-16(2)11(9-5-3-4-6-10(9)14)8-17-12(18)7-15-13(17)19/h3-6,11H,7-8H2,1-2H3,(H,15,19)/t11-/m1/s1. The fourth-order valence-corrected chi connectivity index (χ4v) is 2.36. The number of benzene rings is 1. The largest absolute Gasteiger partial charge is 0.329 e. The van der Waals surface area contributed by atoms with Crippen LogP contribution in [0.15, 0.2) is 24.3 Å². The van der Waals surface area contributed by atoms with E-state index in [0.29, 0.717) is 11.6 Å². The summed E-state index contributed by atoms with van der Waals surface area (Å²) in [6, 6.07) is 6.99. The maximum Gasteiger partial charge on any atom is 0.324 e. The van der Waals surface area contributed by atoms with Crippen LogP contribution in [-0.2, 0) is 4.79 Å². The van der Waals surface area contributed by atoms with E-state index in [-0.39, 0.29) is 24.5 Å². The summed E-state index contributed by atoms with van der Waals surface area (Å²) in [4.78, 5) is 26.4. The van der Waals surface area contributed by atoms with Gasteiger partial charge in [0.25, 0.3) is 0 Å². The van der Waals surface area contributed by atoms with Gasteiger partial charge < -0.3 is 10.2 Å². The van der Waals surface area contributed by atoms with Crippen molar-refractivity contribution in [3.05, 3.63) is 34.9 Å². The molecule has 1 N–H and O–H groups in total. The molecule has 1 atom stereocenters. The Morgan fingerprint density at radius 1 is 1.37 bits per heavy atom. The minimum absolute atomic E-state index is 0.0709. The number of halogens is 1.